The first-order valence-corrected chi connectivity index (χ1v) is 12.2. The molecule has 0 aliphatic carbocycles. The molecule has 5 rings (SSSR count). The third-order valence-corrected chi connectivity index (χ3v) is 7.23. The largest absolute Gasteiger partial charge is 0.490 e. The van der Waals surface area contributed by atoms with Gasteiger partial charge in [0.05, 0.1) is 30.4 Å². The Morgan fingerprint density at radius 1 is 1.42 bits per heavy atom. The number of aromatic nitrogens is 6. The van der Waals surface area contributed by atoms with E-state index in [1.54, 1.807) is 17.7 Å². The lowest BCUT2D eigenvalue weighted by molar-refractivity contribution is -0.192. The van der Waals surface area contributed by atoms with E-state index in [9.17, 15) is 18.4 Å². The van der Waals surface area contributed by atoms with Crippen LogP contribution in [0.1, 0.15) is 18.9 Å². The predicted octanol–water partition coefficient (Wildman–Crippen LogP) is 4.65. The second-order valence-corrected chi connectivity index (χ2v) is 9.50. The average molecular weight is 583 g/mol. The number of fused-ring (bicyclic) bond motifs is 1. The molecule has 0 bridgehead atoms. The third kappa shape index (κ3) is 5.65. The van der Waals surface area contributed by atoms with E-state index in [4.69, 9.17) is 9.90 Å². The van der Waals surface area contributed by atoms with Crippen molar-refractivity contribution < 1.29 is 23.1 Å². The van der Waals surface area contributed by atoms with Gasteiger partial charge in [0.2, 0.25) is 0 Å². The highest BCUT2D eigenvalue weighted by Gasteiger charge is 2.38. The van der Waals surface area contributed by atoms with Crippen molar-refractivity contribution in [1.82, 2.24) is 29.7 Å². The maximum absolute atomic E-state index is 10.6. The quantitative estimate of drug-likeness (QED) is 0.347. The molecule has 1 fully saturated rings. The van der Waals surface area contributed by atoms with Gasteiger partial charge in [-0.25, -0.2) is 19.7 Å². The standard InChI is InChI=1S/C19H17BrN8S.C2HF3O2/c20-16-10-29-19(26-16)27-6-3-12(8-27)15(1-4-21)28-9-13(7-25-28)17-14-2-5-22-18(14)24-11-23-17;3-2(4,5)1(6)7/h2,5,7,9-12,15H,1,3,6,8H2,(H,22,23,24);(H,6,7). The molecule has 2 N–H and O–H groups in total. The van der Waals surface area contributed by atoms with Gasteiger partial charge in [0.25, 0.3) is 0 Å². The Hall–Kier alpha value is -3.51. The molecule has 2 atom stereocenters. The molecule has 5 heterocycles. The van der Waals surface area contributed by atoms with E-state index in [0.29, 0.717) is 12.3 Å². The maximum atomic E-state index is 10.6. The van der Waals surface area contributed by atoms with Gasteiger partial charge in [-0.05, 0) is 28.4 Å². The molecule has 0 aromatic carbocycles. The fourth-order valence-electron chi connectivity index (χ4n) is 3.98. The van der Waals surface area contributed by atoms with Crippen molar-refractivity contribution in [2.75, 3.05) is 18.0 Å². The topological polar surface area (TPSA) is 137 Å². The lowest BCUT2D eigenvalue weighted by Gasteiger charge is -2.22. The van der Waals surface area contributed by atoms with Crippen LogP contribution >= 0.6 is 27.3 Å². The van der Waals surface area contributed by atoms with Crippen molar-refractivity contribution >= 4 is 49.4 Å². The normalized spacial score (nSPS) is 16.4. The van der Waals surface area contributed by atoms with Crippen molar-refractivity contribution in [3.63, 3.8) is 0 Å². The fraction of sp³-hybridized carbons (Fsp3) is 0.333. The van der Waals surface area contributed by atoms with Crippen LogP contribution in [-0.2, 0) is 4.79 Å². The predicted molar refractivity (Wildman–Crippen MR) is 128 cm³/mol. The first kappa shape index (κ1) is 25.6. The lowest BCUT2D eigenvalue weighted by atomic mass is 9.96. The van der Waals surface area contributed by atoms with Crippen LogP contribution < -0.4 is 4.90 Å². The molecular formula is C21H18BrF3N8O2S. The van der Waals surface area contributed by atoms with E-state index >= 15 is 0 Å². The molecular weight excluding hydrogens is 565 g/mol. The molecule has 1 aliphatic rings. The molecule has 1 aliphatic heterocycles. The van der Waals surface area contributed by atoms with Gasteiger partial charge in [0.15, 0.2) is 5.13 Å². The van der Waals surface area contributed by atoms with Gasteiger partial charge in [-0.3, -0.25) is 4.68 Å². The summed E-state index contributed by atoms with van der Waals surface area (Å²) in [5, 5.41) is 25.1. The van der Waals surface area contributed by atoms with Crippen LogP contribution in [0.25, 0.3) is 22.3 Å². The minimum atomic E-state index is -5.08. The molecule has 0 radical (unpaired) electrons. The molecule has 4 aromatic heterocycles. The molecule has 1 saturated heterocycles. The molecule has 10 nitrogen and oxygen atoms in total. The summed E-state index contributed by atoms with van der Waals surface area (Å²) in [5.41, 5.74) is 2.58. The van der Waals surface area contributed by atoms with E-state index in [0.717, 1.165) is 51.5 Å². The highest BCUT2D eigenvalue weighted by atomic mass is 79.9. The highest BCUT2D eigenvalue weighted by molar-refractivity contribution is 9.10. The summed E-state index contributed by atoms with van der Waals surface area (Å²) in [7, 11) is 0. The van der Waals surface area contributed by atoms with E-state index in [2.05, 4.69) is 51.9 Å². The molecule has 0 amide bonds. The number of aliphatic carboxylic acids is 1. The van der Waals surface area contributed by atoms with Crippen LogP contribution in [0.15, 0.2) is 41.0 Å². The van der Waals surface area contributed by atoms with Crippen LogP contribution in [0.3, 0.4) is 0 Å². The highest BCUT2D eigenvalue weighted by Crippen LogP contribution is 2.35. The van der Waals surface area contributed by atoms with E-state index in [1.807, 2.05) is 34.7 Å². The zero-order valence-electron chi connectivity index (χ0n) is 18.4. The monoisotopic (exact) mass is 582 g/mol. The minimum absolute atomic E-state index is 0.0192. The molecule has 2 unspecified atom stereocenters. The zero-order chi connectivity index (χ0) is 25.9. The number of carboxylic acid groups (broad SMARTS) is 1. The Bertz CT molecular complexity index is 1400. The molecule has 36 heavy (non-hydrogen) atoms. The first-order chi connectivity index (χ1) is 17.2. The number of nitriles is 1. The van der Waals surface area contributed by atoms with E-state index in [1.165, 1.54) is 0 Å². The number of H-pyrrole nitrogens is 1. The van der Waals surface area contributed by atoms with Gasteiger partial charge in [-0.15, -0.1) is 11.3 Å². The summed E-state index contributed by atoms with van der Waals surface area (Å²) in [5.74, 6) is -2.42. The number of rotatable bonds is 5. The number of carbonyl (C=O) groups is 1. The van der Waals surface area contributed by atoms with Gasteiger partial charge in [0.1, 0.15) is 16.6 Å². The molecule has 15 heteroatoms. The number of anilines is 1. The van der Waals surface area contributed by atoms with Gasteiger partial charge < -0.3 is 15.0 Å². The number of nitrogens with one attached hydrogen (secondary N) is 1. The summed E-state index contributed by atoms with van der Waals surface area (Å²) in [6.07, 6.45) is 3.58. The number of carboxylic acids is 1. The van der Waals surface area contributed by atoms with Crippen molar-refractivity contribution in [3.8, 4) is 17.3 Å². The summed E-state index contributed by atoms with van der Waals surface area (Å²) < 4.78 is 34.5. The zero-order valence-corrected chi connectivity index (χ0v) is 20.8. The van der Waals surface area contributed by atoms with Gasteiger partial charge >= 0.3 is 12.1 Å². The van der Waals surface area contributed by atoms with Gasteiger partial charge in [0, 0.05) is 47.7 Å². The SMILES string of the molecule is N#CCC(C1CCN(c2nc(Br)cs2)C1)n1cc(-c2ncnc3[nH]ccc23)cn1.O=C(O)C(F)(F)F. The Morgan fingerprint density at radius 3 is 2.86 bits per heavy atom. The molecule has 0 saturated carbocycles. The van der Waals surface area contributed by atoms with Crippen LogP contribution in [0.5, 0.6) is 0 Å². The average Bonchev–Trinajstić information content (AvgIpc) is 3.63. The minimum Gasteiger partial charge on any atom is -0.475 e. The summed E-state index contributed by atoms with van der Waals surface area (Å²) in [6.45, 7) is 1.81. The van der Waals surface area contributed by atoms with Crippen molar-refractivity contribution in [2.24, 2.45) is 5.92 Å². The van der Waals surface area contributed by atoms with Crippen LogP contribution in [0.2, 0.25) is 0 Å². The lowest BCUT2D eigenvalue weighted by Crippen LogP contribution is -2.25. The van der Waals surface area contributed by atoms with E-state index in [-0.39, 0.29) is 6.04 Å². The Kier molecular flexibility index (Phi) is 7.55. The van der Waals surface area contributed by atoms with Gasteiger partial charge in [-0.2, -0.15) is 23.5 Å². The first-order valence-electron chi connectivity index (χ1n) is 10.5. The number of alkyl halides is 3. The van der Waals surface area contributed by atoms with Crippen molar-refractivity contribution in [1.29, 1.82) is 5.26 Å². The van der Waals surface area contributed by atoms with Crippen LogP contribution in [0, 0.1) is 17.2 Å². The number of aromatic amines is 1. The summed E-state index contributed by atoms with van der Waals surface area (Å²) >= 11 is 5.06. The van der Waals surface area contributed by atoms with E-state index < -0.39 is 12.1 Å². The van der Waals surface area contributed by atoms with Crippen LogP contribution in [-0.4, -0.2) is 60.1 Å². The van der Waals surface area contributed by atoms with Crippen molar-refractivity contribution in [2.45, 2.75) is 25.1 Å². The fourth-order valence-corrected chi connectivity index (χ4v) is 5.27. The third-order valence-electron chi connectivity index (χ3n) is 5.62. The summed E-state index contributed by atoms with van der Waals surface area (Å²) in [4.78, 5) is 27.5. The number of thiazole rings is 1. The molecule has 4 aromatic rings. The van der Waals surface area contributed by atoms with Crippen molar-refractivity contribution in [3.05, 3.63) is 41.0 Å². The Balaban J connectivity index is 0.000000384. The number of halogens is 4. The number of nitrogens with zero attached hydrogens (tertiary/aromatic N) is 7. The maximum Gasteiger partial charge on any atom is 0.490 e. The summed E-state index contributed by atoms with van der Waals surface area (Å²) in [6, 6.07) is 4.33. The molecule has 0 spiro atoms. The Morgan fingerprint density at radius 2 is 2.19 bits per heavy atom. The van der Waals surface area contributed by atoms with Gasteiger partial charge in [-0.1, -0.05) is 0 Å². The number of hydrogen-bond donors (Lipinski definition) is 2. The smallest absolute Gasteiger partial charge is 0.475 e. The Labute approximate surface area is 214 Å². The van der Waals surface area contributed by atoms with Crippen LogP contribution in [0.4, 0.5) is 18.3 Å². The number of hydrogen-bond acceptors (Lipinski definition) is 8. The second kappa shape index (κ2) is 10.6. The second-order valence-electron chi connectivity index (χ2n) is 7.85. The molecule has 188 valence electrons.